The van der Waals surface area contributed by atoms with E-state index in [2.05, 4.69) is 41.6 Å². The van der Waals surface area contributed by atoms with Gasteiger partial charge in [0.05, 0.1) is 10.5 Å². The molecule has 4 nitrogen and oxygen atoms in total. The van der Waals surface area contributed by atoms with Gasteiger partial charge in [0.1, 0.15) is 5.82 Å². The molecule has 104 valence electrons. The topological polar surface area (TPSA) is 45.4 Å². The standard InChI is InChI=1S/C14H22N4S/c1-11-4-5-16-12(10-11)17-6-8-18(9-7-17)14(2,3)13(15)19/h4-5,10H,6-9H2,1-3H3,(H2,15,19). The summed E-state index contributed by atoms with van der Waals surface area (Å²) in [7, 11) is 0. The number of hydrogen-bond acceptors (Lipinski definition) is 4. The number of pyridine rings is 1. The summed E-state index contributed by atoms with van der Waals surface area (Å²) < 4.78 is 0. The van der Waals surface area contributed by atoms with E-state index in [0.29, 0.717) is 4.99 Å². The predicted octanol–water partition coefficient (Wildman–Crippen LogP) is 1.58. The number of rotatable bonds is 3. The molecular weight excluding hydrogens is 256 g/mol. The Morgan fingerprint density at radius 3 is 2.47 bits per heavy atom. The Bertz CT molecular complexity index is 464. The first-order chi connectivity index (χ1) is 8.91. The number of aryl methyl sites for hydroxylation is 1. The monoisotopic (exact) mass is 278 g/mol. The van der Waals surface area contributed by atoms with Gasteiger partial charge in [0, 0.05) is 32.4 Å². The van der Waals surface area contributed by atoms with Crippen LogP contribution in [0.4, 0.5) is 5.82 Å². The average molecular weight is 278 g/mol. The summed E-state index contributed by atoms with van der Waals surface area (Å²) >= 11 is 5.16. The van der Waals surface area contributed by atoms with Crippen LogP contribution in [0, 0.1) is 6.92 Å². The van der Waals surface area contributed by atoms with Crippen molar-refractivity contribution in [2.75, 3.05) is 31.1 Å². The molecule has 1 aromatic rings. The molecule has 0 atom stereocenters. The van der Waals surface area contributed by atoms with Gasteiger partial charge in [-0.15, -0.1) is 0 Å². The molecular formula is C14H22N4S. The normalized spacial score (nSPS) is 17.5. The Labute approximate surface area is 120 Å². The molecule has 0 radical (unpaired) electrons. The zero-order valence-corrected chi connectivity index (χ0v) is 12.7. The summed E-state index contributed by atoms with van der Waals surface area (Å²) in [5, 5.41) is 0. The third kappa shape index (κ3) is 3.04. The number of thiocarbonyl (C=S) groups is 1. The molecule has 1 fully saturated rings. The minimum absolute atomic E-state index is 0.207. The van der Waals surface area contributed by atoms with Crippen LogP contribution in [-0.2, 0) is 0 Å². The lowest BCUT2D eigenvalue weighted by atomic mass is 10.0. The third-order valence-electron chi connectivity index (χ3n) is 3.90. The number of nitrogens with two attached hydrogens (primary N) is 1. The van der Waals surface area contributed by atoms with Crippen LogP contribution in [-0.4, -0.2) is 46.6 Å². The summed E-state index contributed by atoms with van der Waals surface area (Å²) in [6.07, 6.45) is 1.87. The lowest BCUT2D eigenvalue weighted by molar-refractivity contribution is 0.168. The van der Waals surface area contributed by atoms with Crippen molar-refractivity contribution >= 4 is 23.0 Å². The fourth-order valence-electron chi connectivity index (χ4n) is 2.34. The second-order valence-electron chi connectivity index (χ2n) is 5.59. The maximum Gasteiger partial charge on any atom is 0.128 e. The molecule has 0 aliphatic carbocycles. The highest BCUT2D eigenvalue weighted by Gasteiger charge is 2.32. The lowest BCUT2D eigenvalue weighted by Gasteiger charge is -2.43. The number of hydrogen-bond donors (Lipinski definition) is 1. The van der Waals surface area contributed by atoms with Crippen molar-refractivity contribution in [2.24, 2.45) is 5.73 Å². The highest BCUT2D eigenvalue weighted by atomic mass is 32.1. The molecule has 1 aliphatic rings. The summed E-state index contributed by atoms with van der Waals surface area (Å²) in [5.74, 6) is 1.06. The second-order valence-corrected chi connectivity index (χ2v) is 6.03. The summed E-state index contributed by atoms with van der Waals surface area (Å²) in [6.45, 7) is 10.1. The summed E-state index contributed by atoms with van der Waals surface area (Å²) in [4.78, 5) is 9.67. The Kier molecular flexibility index (Phi) is 4.06. The first kappa shape index (κ1) is 14.2. The van der Waals surface area contributed by atoms with E-state index >= 15 is 0 Å². The molecule has 19 heavy (non-hydrogen) atoms. The van der Waals surface area contributed by atoms with Gasteiger partial charge in [0.15, 0.2) is 0 Å². The minimum atomic E-state index is -0.207. The van der Waals surface area contributed by atoms with Gasteiger partial charge < -0.3 is 10.6 Å². The molecule has 2 N–H and O–H groups in total. The molecule has 0 spiro atoms. The Morgan fingerprint density at radius 1 is 1.32 bits per heavy atom. The largest absolute Gasteiger partial charge is 0.392 e. The number of aromatic nitrogens is 1. The van der Waals surface area contributed by atoms with Crippen molar-refractivity contribution < 1.29 is 0 Å². The molecule has 0 bridgehead atoms. The van der Waals surface area contributed by atoms with E-state index in [1.165, 1.54) is 5.56 Å². The predicted molar refractivity (Wildman–Crippen MR) is 83.6 cm³/mol. The van der Waals surface area contributed by atoms with Crippen LogP contribution in [0.2, 0.25) is 0 Å². The first-order valence-electron chi connectivity index (χ1n) is 6.64. The second kappa shape index (κ2) is 5.43. The van der Waals surface area contributed by atoms with Crippen LogP contribution in [0.3, 0.4) is 0 Å². The van der Waals surface area contributed by atoms with Crippen LogP contribution in [0.1, 0.15) is 19.4 Å². The number of anilines is 1. The van der Waals surface area contributed by atoms with E-state index < -0.39 is 0 Å². The van der Waals surface area contributed by atoms with E-state index in [0.717, 1.165) is 32.0 Å². The van der Waals surface area contributed by atoms with Gasteiger partial charge in [-0.1, -0.05) is 12.2 Å². The fraction of sp³-hybridized carbons (Fsp3) is 0.571. The van der Waals surface area contributed by atoms with Crippen molar-refractivity contribution in [3.8, 4) is 0 Å². The minimum Gasteiger partial charge on any atom is -0.392 e. The molecule has 0 saturated carbocycles. The zero-order valence-electron chi connectivity index (χ0n) is 11.9. The first-order valence-corrected chi connectivity index (χ1v) is 7.04. The van der Waals surface area contributed by atoms with Crippen LogP contribution >= 0.6 is 12.2 Å². The van der Waals surface area contributed by atoms with Crippen LogP contribution in [0.5, 0.6) is 0 Å². The summed E-state index contributed by atoms with van der Waals surface area (Å²) in [6, 6.07) is 4.16. The molecule has 2 heterocycles. The van der Waals surface area contributed by atoms with Crippen LogP contribution in [0.25, 0.3) is 0 Å². The van der Waals surface area contributed by atoms with Crippen molar-refractivity contribution in [1.29, 1.82) is 0 Å². The van der Waals surface area contributed by atoms with Gasteiger partial charge in [-0.3, -0.25) is 4.90 Å². The fourth-order valence-corrected chi connectivity index (χ4v) is 2.47. The van der Waals surface area contributed by atoms with Crippen molar-refractivity contribution in [1.82, 2.24) is 9.88 Å². The van der Waals surface area contributed by atoms with Gasteiger partial charge in [-0.25, -0.2) is 4.98 Å². The van der Waals surface area contributed by atoms with Gasteiger partial charge in [0.2, 0.25) is 0 Å². The van der Waals surface area contributed by atoms with Gasteiger partial charge in [-0.05, 0) is 38.5 Å². The summed E-state index contributed by atoms with van der Waals surface area (Å²) in [5.41, 5.74) is 6.87. The van der Waals surface area contributed by atoms with Crippen molar-refractivity contribution in [3.05, 3.63) is 23.9 Å². The lowest BCUT2D eigenvalue weighted by Crippen LogP contribution is -2.59. The van der Waals surface area contributed by atoms with Crippen molar-refractivity contribution in [3.63, 3.8) is 0 Å². The highest BCUT2D eigenvalue weighted by Crippen LogP contribution is 2.20. The highest BCUT2D eigenvalue weighted by molar-refractivity contribution is 7.80. The van der Waals surface area contributed by atoms with E-state index in [4.69, 9.17) is 18.0 Å². The van der Waals surface area contributed by atoms with Gasteiger partial charge in [0.25, 0.3) is 0 Å². The molecule has 1 saturated heterocycles. The number of nitrogens with zero attached hydrogens (tertiary/aromatic N) is 3. The molecule has 0 aromatic carbocycles. The number of piperazine rings is 1. The molecule has 0 amide bonds. The maximum absolute atomic E-state index is 5.83. The van der Waals surface area contributed by atoms with E-state index in [9.17, 15) is 0 Å². The molecule has 5 heteroatoms. The smallest absolute Gasteiger partial charge is 0.128 e. The molecule has 0 unspecified atom stereocenters. The van der Waals surface area contributed by atoms with Gasteiger partial charge >= 0.3 is 0 Å². The Balaban J connectivity index is 2.02. The van der Waals surface area contributed by atoms with Gasteiger partial charge in [-0.2, -0.15) is 0 Å². The van der Waals surface area contributed by atoms with Crippen molar-refractivity contribution in [2.45, 2.75) is 26.3 Å². The Hall–Kier alpha value is -1.20. The van der Waals surface area contributed by atoms with E-state index in [-0.39, 0.29) is 5.54 Å². The molecule has 1 aliphatic heterocycles. The van der Waals surface area contributed by atoms with E-state index in [1.54, 1.807) is 0 Å². The third-order valence-corrected chi connectivity index (χ3v) is 4.40. The average Bonchev–Trinajstić information content (AvgIpc) is 2.38. The SMILES string of the molecule is Cc1ccnc(N2CCN(C(C)(C)C(N)=S)CC2)c1. The van der Waals surface area contributed by atoms with E-state index in [1.807, 2.05) is 12.3 Å². The Morgan fingerprint density at radius 2 is 1.95 bits per heavy atom. The quantitative estimate of drug-likeness (QED) is 0.851. The maximum atomic E-state index is 5.83. The molecule has 1 aromatic heterocycles. The molecule has 2 rings (SSSR count). The zero-order chi connectivity index (χ0) is 14.0. The van der Waals surface area contributed by atoms with Crippen LogP contribution in [0.15, 0.2) is 18.3 Å². The van der Waals surface area contributed by atoms with Crippen LogP contribution < -0.4 is 10.6 Å².